The average Bonchev–Trinajstić information content (AvgIpc) is 2.95. The van der Waals surface area contributed by atoms with Gasteiger partial charge in [0.15, 0.2) is 12.2 Å². The van der Waals surface area contributed by atoms with E-state index in [0.29, 0.717) is 0 Å². The van der Waals surface area contributed by atoms with Gasteiger partial charge in [0.2, 0.25) is 5.91 Å². The first-order valence-electron chi connectivity index (χ1n) is 13.7. The minimum atomic E-state index is -2.33. The van der Waals surface area contributed by atoms with Crippen molar-refractivity contribution < 1.29 is 71.4 Å². The smallest absolute Gasteiger partial charge is 0.366 e. The highest BCUT2D eigenvalue weighted by Crippen LogP contribution is 2.37. The fraction of sp³-hybridized carbons (Fsp3) is 0.769. The summed E-state index contributed by atoms with van der Waals surface area (Å²) in [6.07, 6.45) is -6.66. The molecule has 1 saturated heterocycles. The number of carbonyl (C=O) groups is 6. The lowest BCUT2D eigenvalue weighted by molar-refractivity contribution is -0.315. The van der Waals surface area contributed by atoms with E-state index in [2.05, 4.69) is 15.3 Å². The third-order valence-electron chi connectivity index (χ3n) is 5.83. The summed E-state index contributed by atoms with van der Waals surface area (Å²) in [5, 5.41) is 5.90. The van der Waals surface area contributed by atoms with Crippen molar-refractivity contribution in [3.63, 3.8) is 0 Å². The van der Waals surface area contributed by atoms with Crippen LogP contribution < -0.4 is 5.32 Å². The number of amides is 1. The summed E-state index contributed by atoms with van der Waals surface area (Å²) in [5.41, 5.74) is 8.27. The Bertz CT molecular complexity index is 1080. The molecule has 1 heterocycles. The Labute approximate surface area is 259 Å². The fourth-order valence-corrected chi connectivity index (χ4v) is 4.29. The maximum absolute atomic E-state index is 13.2. The van der Waals surface area contributed by atoms with Crippen molar-refractivity contribution in [1.29, 1.82) is 0 Å². The molecule has 1 aliphatic rings. The summed E-state index contributed by atoms with van der Waals surface area (Å²) in [5.74, 6) is -7.37. The van der Waals surface area contributed by atoms with Crippen LogP contribution in [0.15, 0.2) is 5.11 Å². The number of methoxy groups -OCH3 is 1. The van der Waals surface area contributed by atoms with Gasteiger partial charge in [0.05, 0.1) is 52.6 Å². The van der Waals surface area contributed by atoms with E-state index in [1.807, 2.05) is 0 Å². The van der Waals surface area contributed by atoms with Crippen LogP contribution in [0.1, 0.15) is 41.0 Å². The first-order valence-corrected chi connectivity index (χ1v) is 13.7. The molecule has 0 saturated carbocycles. The van der Waals surface area contributed by atoms with Gasteiger partial charge in [-0.2, -0.15) is 0 Å². The van der Waals surface area contributed by atoms with Gasteiger partial charge in [0.25, 0.3) is 5.79 Å². The quantitative estimate of drug-likeness (QED) is 0.0478. The Morgan fingerprint density at radius 2 is 1.53 bits per heavy atom. The Kier molecular flexibility index (Phi) is 17.4. The minimum absolute atomic E-state index is 0.0876. The van der Waals surface area contributed by atoms with Crippen molar-refractivity contribution in [2.45, 2.75) is 77.3 Å². The summed E-state index contributed by atoms with van der Waals surface area (Å²) in [6.45, 7) is 5.04. The van der Waals surface area contributed by atoms with E-state index in [-0.39, 0.29) is 39.6 Å². The van der Waals surface area contributed by atoms with Crippen molar-refractivity contribution in [3.05, 3.63) is 10.4 Å². The number of hydrogen-bond acceptors (Lipinski definition) is 16. The van der Waals surface area contributed by atoms with Gasteiger partial charge >= 0.3 is 29.8 Å². The van der Waals surface area contributed by atoms with Crippen LogP contribution in [0.3, 0.4) is 0 Å². The molecule has 0 aromatic heterocycles. The van der Waals surface area contributed by atoms with E-state index in [0.717, 1.165) is 41.7 Å². The first-order chi connectivity index (χ1) is 21.3. The molecule has 0 radical (unpaired) electrons. The second kappa shape index (κ2) is 20.1. The molecule has 254 valence electrons. The lowest BCUT2D eigenvalue weighted by Gasteiger charge is -2.48. The van der Waals surface area contributed by atoms with E-state index in [9.17, 15) is 28.8 Å². The average molecular weight is 649 g/mol. The second-order valence-corrected chi connectivity index (χ2v) is 9.46. The molecule has 6 atom stereocenters. The predicted octanol–water partition coefficient (Wildman–Crippen LogP) is -0.132. The summed E-state index contributed by atoms with van der Waals surface area (Å²) >= 11 is 0. The van der Waals surface area contributed by atoms with Crippen LogP contribution in [0.25, 0.3) is 10.4 Å². The van der Waals surface area contributed by atoms with Gasteiger partial charge in [-0.1, -0.05) is 5.11 Å². The molecule has 1 rings (SSSR count). The van der Waals surface area contributed by atoms with Crippen molar-refractivity contribution >= 4 is 35.8 Å². The molecule has 1 aliphatic heterocycles. The summed E-state index contributed by atoms with van der Waals surface area (Å²) in [6, 6.07) is -1.31. The molecule has 0 unspecified atom stereocenters. The van der Waals surface area contributed by atoms with E-state index in [1.165, 1.54) is 0 Å². The predicted molar refractivity (Wildman–Crippen MR) is 147 cm³/mol. The summed E-state index contributed by atoms with van der Waals surface area (Å²) < 4.78 is 48.8. The van der Waals surface area contributed by atoms with Crippen LogP contribution >= 0.6 is 0 Å². The molecular weight excluding hydrogens is 608 g/mol. The zero-order chi connectivity index (χ0) is 34.0. The van der Waals surface area contributed by atoms with Gasteiger partial charge in [-0.05, 0) is 5.53 Å². The SMILES string of the molecule is COC(=O)[C@@]1(OCCOCCOCCN=[N+]=[N-])C[C@H](OC(C)=O)[C@@H](NC(C)=O)[C@H]([C@H](OC(C)=O)[C@@H](COC(C)=O)OC(C)=O)O1. The third-order valence-corrected chi connectivity index (χ3v) is 5.83. The van der Waals surface area contributed by atoms with Crippen LogP contribution in [0.4, 0.5) is 0 Å². The van der Waals surface area contributed by atoms with Crippen LogP contribution in [-0.4, -0.2) is 125 Å². The largest absolute Gasteiger partial charge is 0.465 e. The number of carbonyl (C=O) groups excluding carboxylic acids is 6. The molecule has 0 bridgehead atoms. The van der Waals surface area contributed by atoms with Crippen molar-refractivity contribution in [2.75, 3.05) is 53.3 Å². The van der Waals surface area contributed by atoms with Crippen LogP contribution in [-0.2, 0) is 71.4 Å². The molecule has 1 amide bonds. The highest BCUT2D eigenvalue weighted by atomic mass is 16.7. The Hall–Kier alpha value is -4.03. The maximum atomic E-state index is 13.2. The van der Waals surface area contributed by atoms with Crippen molar-refractivity contribution in [3.8, 4) is 0 Å². The third kappa shape index (κ3) is 14.1. The minimum Gasteiger partial charge on any atom is -0.465 e. The Morgan fingerprint density at radius 1 is 0.911 bits per heavy atom. The number of esters is 5. The van der Waals surface area contributed by atoms with Crippen molar-refractivity contribution in [1.82, 2.24) is 5.32 Å². The highest BCUT2D eigenvalue weighted by molar-refractivity contribution is 5.79. The molecule has 0 aromatic carbocycles. The van der Waals surface area contributed by atoms with Gasteiger partial charge < -0.3 is 47.9 Å². The molecule has 45 heavy (non-hydrogen) atoms. The normalized spacial score (nSPS) is 22.0. The number of azide groups is 1. The van der Waals surface area contributed by atoms with Crippen LogP contribution in [0, 0.1) is 0 Å². The molecule has 0 aromatic rings. The fourth-order valence-electron chi connectivity index (χ4n) is 4.29. The van der Waals surface area contributed by atoms with Gasteiger partial charge in [0, 0.05) is 46.1 Å². The lowest BCUT2D eigenvalue weighted by atomic mass is 9.88. The Balaban J connectivity index is 3.47. The molecule has 1 N–H and O–H groups in total. The number of rotatable bonds is 19. The van der Waals surface area contributed by atoms with Gasteiger partial charge in [-0.3, -0.25) is 24.0 Å². The van der Waals surface area contributed by atoms with Crippen LogP contribution in [0.5, 0.6) is 0 Å². The molecular formula is C26H40N4O15. The van der Waals surface area contributed by atoms with Crippen molar-refractivity contribution in [2.24, 2.45) is 5.11 Å². The maximum Gasteiger partial charge on any atom is 0.366 e. The number of nitrogens with one attached hydrogen (secondary N) is 1. The lowest BCUT2D eigenvalue weighted by Crippen LogP contribution is -2.69. The second-order valence-electron chi connectivity index (χ2n) is 9.46. The van der Waals surface area contributed by atoms with Gasteiger partial charge in [-0.25, -0.2) is 4.79 Å². The van der Waals surface area contributed by atoms with E-state index < -0.39 is 85.0 Å². The molecule has 1 fully saturated rings. The standard InChI is InChI=1S/C26H40N4O15/c1-15(31)29-22-20(42-17(3)33)13-26(25(36)37-6,41-12-11-39-10-9-38-8-7-28-30-27)45-24(22)23(44-19(5)35)21(43-18(4)34)14-40-16(2)32/h20-24H,7-14H2,1-6H3,(H,29,31)/t20-,21+,22+,23+,24+,26+/m0/s1. The molecule has 19 heteroatoms. The zero-order valence-corrected chi connectivity index (χ0v) is 26.0. The van der Waals surface area contributed by atoms with E-state index in [1.54, 1.807) is 0 Å². The highest BCUT2D eigenvalue weighted by Gasteiger charge is 2.59. The number of ether oxygens (including phenoxy) is 9. The zero-order valence-electron chi connectivity index (χ0n) is 26.0. The van der Waals surface area contributed by atoms with Gasteiger partial charge in [-0.15, -0.1) is 0 Å². The molecule has 19 nitrogen and oxygen atoms in total. The first kappa shape index (κ1) is 39.0. The Morgan fingerprint density at radius 3 is 2.07 bits per heavy atom. The van der Waals surface area contributed by atoms with E-state index in [4.69, 9.17) is 48.2 Å². The van der Waals surface area contributed by atoms with E-state index >= 15 is 0 Å². The summed E-state index contributed by atoms with van der Waals surface area (Å²) in [7, 11) is 1.04. The molecule has 0 aliphatic carbocycles. The summed E-state index contributed by atoms with van der Waals surface area (Å²) in [4.78, 5) is 76.2. The molecule has 0 spiro atoms. The monoisotopic (exact) mass is 648 g/mol. The van der Waals surface area contributed by atoms with Crippen LogP contribution in [0.2, 0.25) is 0 Å². The number of hydrogen-bond donors (Lipinski definition) is 1. The topological polar surface area (TPSA) is 246 Å². The van der Waals surface area contributed by atoms with Gasteiger partial charge in [0.1, 0.15) is 18.8 Å². The number of nitrogens with zero attached hydrogens (tertiary/aromatic N) is 3.